The average Bonchev–Trinajstić information content (AvgIpc) is 2.50. The first kappa shape index (κ1) is 16.2. The Morgan fingerprint density at radius 3 is 2.52 bits per heavy atom. The van der Waals surface area contributed by atoms with Gasteiger partial charge in [-0.05, 0) is 40.0 Å². The van der Waals surface area contributed by atoms with Crippen LogP contribution in [-0.4, -0.2) is 17.3 Å². The first-order valence-electron chi connectivity index (χ1n) is 6.46. The van der Waals surface area contributed by atoms with E-state index in [1.54, 1.807) is 12.1 Å². The molecule has 5 heteroatoms. The number of rotatable bonds is 5. The van der Waals surface area contributed by atoms with Crippen LogP contribution >= 0.6 is 31.9 Å². The minimum absolute atomic E-state index is 0.0448. The zero-order valence-corrected chi connectivity index (χ0v) is 14.3. The first-order chi connectivity index (χ1) is 10.1. The van der Waals surface area contributed by atoms with E-state index in [0.717, 1.165) is 5.56 Å². The zero-order valence-electron chi connectivity index (χ0n) is 11.2. The SMILES string of the molecule is O=C(NC(CBr)Cc1ccccc1)c1cccc(Br)c1F. The number of halogens is 3. The van der Waals surface area contributed by atoms with Crippen LogP contribution in [0.5, 0.6) is 0 Å². The lowest BCUT2D eigenvalue weighted by Gasteiger charge is -2.17. The molecule has 1 atom stereocenters. The fraction of sp³-hybridized carbons (Fsp3) is 0.188. The number of alkyl halides is 1. The van der Waals surface area contributed by atoms with Crippen LogP contribution in [-0.2, 0) is 6.42 Å². The quantitative estimate of drug-likeness (QED) is 0.725. The van der Waals surface area contributed by atoms with Crippen molar-refractivity contribution in [1.29, 1.82) is 0 Å². The Balaban J connectivity index is 2.08. The third-order valence-electron chi connectivity index (χ3n) is 3.04. The summed E-state index contributed by atoms with van der Waals surface area (Å²) in [4.78, 5) is 12.2. The monoisotopic (exact) mass is 413 g/mol. The Hall–Kier alpha value is -1.20. The highest BCUT2D eigenvalue weighted by atomic mass is 79.9. The molecule has 110 valence electrons. The van der Waals surface area contributed by atoms with E-state index in [1.807, 2.05) is 30.3 Å². The van der Waals surface area contributed by atoms with Crippen LogP contribution in [0.4, 0.5) is 4.39 Å². The van der Waals surface area contributed by atoms with Gasteiger partial charge in [-0.25, -0.2) is 4.39 Å². The van der Waals surface area contributed by atoms with Crippen molar-refractivity contribution in [2.24, 2.45) is 0 Å². The molecule has 2 aromatic rings. The topological polar surface area (TPSA) is 29.1 Å². The van der Waals surface area contributed by atoms with Crippen LogP contribution in [0.2, 0.25) is 0 Å². The predicted octanol–water partition coefficient (Wildman–Crippen LogP) is 4.32. The van der Waals surface area contributed by atoms with Crippen molar-refractivity contribution >= 4 is 37.8 Å². The van der Waals surface area contributed by atoms with Gasteiger partial charge in [0.15, 0.2) is 0 Å². The van der Waals surface area contributed by atoms with Crippen molar-refractivity contribution in [1.82, 2.24) is 5.32 Å². The molecule has 0 heterocycles. The summed E-state index contributed by atoms with van der Waals surface area (Å²) in [5, 5.41) is 3.45. The summed E-state index contributed by atoms with van der Waals surface area (Å²) >= 11 is 6.48. The van der Waals surface area contributed by atoms with E-state index >= 15 is 0 Å². The van der Waals surface area contributed by atoms with Crippen molar-refractivity contribution < 1.29 is 9.18 Å². The molecule has 0 aromatic heterocycles. The van der Waals surface area contributed by atoms with Crippen molar-refractivity contribution in [3.8, 4) is 0 Å². The molecule has 1 unspecified atom stereocenters. The molecule has 1 N–H and O–H groups in total. The van der Waals surface area contributed by atoms with Crippen LogP contribution in [0.3, 0.4) is 0 Å². The standard InChI is InChI=1S/C16H14Br2FNO/c17-10-12(9-11-5-2-1-3-6-11)20-16(21)13-7-4-8-14(18)15(13)19/h1-8,12H,9-10H2,(H,20,21). The molecule has 0 fully saturated rings. The number of hydrogen-bond acceptors (Lipinski definition) is 1. The minimum Gasteiger partial charge on any atom is -0.348 e. The van der Waals surface area contributed by atoms with E-state index in [9.17, 15) is 9.18 Å². The van der Waals surface area contributed by atoms with Crippen LogP contribution in [0.1, 0.15) is 15.9 Å². The van der Waals surface area contributed by atoms with Gasteiger partial charge in [0.05, 0.1) is 10.0 Å². The number of benzene rings is 2. The van der Waals surface area contributed by atoms with E-state index in [2.05, 4.69) is 37.2 Å². The fourth-order valence-corrected chi connectivity index (χ4v) is 2.74. The molecule has 0 saturated heterocycles. The number of hydrogen-bond donors (Lipinski definition) is 1. The van der Waals surface area contributed by atoms with Crippen molar-refractivity contribution in [3.05, 3.63) is 69.9 Å². The Morgan fingerprint density at radius 2 is 1.86 bits per heavy atom. The number of amides is 1. The van der Waals surface area contributed by atoms with Gasteiger partial charge in [-0.3, -0.25) is 4.79 Å². The lowest BCUT2D eigenvalue weighted by Crippen LogP contribution is -2.38. The smallest absolute Gasteiger partial charge is 0.254 e. The first-order valence-corrected chi connectivity index (χ1v) is 8.38. The summed E-state index contributed by atoms with van der Waals surface area (Å²) in [6.07, 6.45) is 0.688. The predicted molar refractivity (Wildman–Crippen MR) is 89.3 cm³/mol. The number of nitrogens with one attached hydrogen (secondary N) is 1. The maximum absolute atomic E-state index is 13.9. The van der Waals surface area contributed by atoms with Gasteiger partial charge < -0.3 is 5.32 Å². The van der Waals surface area contributed by atoms with Crippen LogP contribution < -0.4 is 5.32 Å². The van der Waals surface area contributed by atoms with Gasteiger partial charge in [0.2, 0.25) is 0 Å². The highest BCUT2D eigenvalue weighted by molar-refractivity contribution is 9.10. The molecular formula is C16H14Br2FNO. The molecule has 0 saturated carbocycles. The lowest BCUT2D eigenvalue weighted by atomic mass is 10.1. The maximum Gasteiger partial charge on any atom is 0.254 e. The van der Waals surface area contributed by atoms with E-state index in [4.69, 9.17) is 0 Å². The summed E-state index contributed by atoms with van der Waals surface area (Å²) < 4.78 is 14.2. The van der Waals surface area contributed by atoms with E-state index in [-0.39, 0.29) is 16.1 Å². The summed E-state index contributed by atoms with van der Waals surface area (Å²) in [5.74, 6) is -0.947. The molecule has 2 aromatic carbocycles. The number of carbonyl (C=O) groups is 1. The Labute approximate surface area is 140 Å². The third kappa shape index (κ3) is 4.38. The molecule has 0 aliphatic carbocycles. The summed E-state index contributed by atoms with van der Waals surface area (Å²) in [5.41, 5.74) is 1.17. The highest BCUT2D eigenvalue weighted by Gasteiger charge is 2.17. The van der Waals surface area contributed by atoms with Gasteiger partial charge in [-0.1, -0.05) is 52.3 Å². The second-order valence-corrected chi connectivity index (χ2v) is 6.12. The van der Waals surface area contributed by atoms with Crippen LogP contribution in [0.25, 0.3) is 0 Å². The van der Waals surface area contributed by atoms with Crippen LogP contribution in [0, 0.1) is 5.82 Å². The molecule has 0 bridgehead atoms. The maximum atomic E-state index is 13.9. The van der Waals surface area contributed by atoms with Crippen molar-refractivity contribution in [2.45, 2.75) is 12.5 Å². The van der Waals surface area contributed by atoms with E-state index in [0.29, 0.717) is 11.8 Å². The molecule has 0 aliphatic rings. The second-order valence-electron chi connectivity index (χ2n) is 4.62. The summed E-state index contributed by atoms with van der Waals surface area (Å²) in [6.45, 7) is 0. The molecule has 1 amide bonds. The fourth-order valence-electron chi connectivity index (χ4n) is 1.99. The molecule has 0 aliphatic heterocycles. The van der Waals surface area contributed by atoms with E-state index in [1.165, 1.54) is 6.07 Å². The van der Waals surface area contributed by atoms with Gasteiger partial charge in [0.1, 0.15) is 5.82 Å². The number of carbonyl (C=O) groups excluding carboxylic acids is 1. The van der Waals surface area contributed by atoms with Gasteiger partial charge in [-0.2, -0.15) is 0 Å². The third-order valence-corrected chi connectivity index (χ3v) is 4.44. The molecule has 0 radical (unpaired) electrons. The normalized spacial score (nSPS) is 12.0. The van der Waals surface area contributed by atoms with Gasteiger partial charge in [0.25, 0.3) is 5.91 Å². The Bertz CT molecular complexity index is 619. The molecule has 21 heavy (non-hydrogen) atoms. The Kier molecular flexibility index (Phi) is 5.94. The van der Waals surface area contributed by atoms with Crippen molar-refractivity contribution in [2.75, 3.05) is 5.33 Å². The molecular weight excluding hydrogens is 401 g/mol. The molecule has 2 nitrogen and oxygen atoms in total. The average molecular weight is 415 g/mol. The Morgan fingerprint density at radius 1 is 1.14 bits per heavy atom. The highest BCUT2D eigenvalue weighted by Crippen LogP contribution is 2.18. The second kappa shape index (κ2) is 7.71. The molecule has 0 spiro atoms. The lowest BCUT2D eigenvalue weighted by molar-refractivity contribution is 0.0937. The largest absolute Gasteiger partial charge is 0.348 e. The summed E-state index contributed by atoms with van der Waals surface area (Å²) in [7, 11) is 0. The zero-order chi connectivity index (χ0) is 15.2. The molecule has 2 rings (SSSR count). The van der Waals surface area contributed by atoms with Gasteiger partial charge in [-0.15, -0.1) is 0 Å². The minimum atomic E-state index is -0.539. The van der Waals surface area contributed by atoms with E-state index < -0.39 is 11.7 Å². The van der Waals surface area contributed by atoms with Crippen LogP contribution in [0.15, 0.2) is 53.0 Å². The van der Waals surface area contributed by atoms with Gasteiger partial charge in [0, 0.05) is 11.4 Å². The summed E-state index contributed by atoms with van der Waals surface area (Å²) in [6, 6.07) is 14.4. The van der Waals surface area contributed by atoms with Crippen molar-refractivity contribution in [3.63, 3.8) is 0 Å². The van der Waals surface area contributed by atoms with Gasteiger partial charge >= 0.3 is 0 Å².